The Bertz CT molecular complexity index is 398. The fraction of sp³-hybridized carbons (Fsp3) is 0.200. The van der Waals surface area contributed by atoms with Gasteiger partial charge in [-0.15, -0.1) is 6.58 Å². The number of aromatic nitrogens is 1. The van der Waals surface area contributed by atoms with Gasteiger partial charge in [0.15, 0.2) is 0 Å². The molecule has 0 fully saturated rings. The second-order valence-corrected chi connectivity index (χ2v) is 2.64. The van der Waals surface area contributed by atoms with Crippen molar-refractivity contribution in [2.45, 2.75) is 13.0 Å². The normalized spacial score (nSPS) is 9.15. The Labute approximate surface area is 76.6 Å². The fourth-order valence-corrected chi connectivity index (χ4v) is 0.992. The molecule has 0 unspecified atom stereocenters. The Hall–Kier alpha value is -1.82. The highest BCUT2D eigenvalue weighted by Gasteiger charge is 1.95. The molecule has 0 radical (unpaired) electrons. The van der Waals surface area contributed by atoms with Crippen molar-refractivity contribution in [3.63, 3.8) is 0 Å². The smallest absolute Gasteiger partial charge is 0.251 e. The van der Waals surface area contributed by atoms with E-state index in [0.29, 0.717) is 12.1 Å². The second kappa shape index (κ2) is 4.27. The lowest BCUT2D eigenvalue weighted by atomic mass is 10.3. The van der Waals surface area contributed by atoms with Gasteiger partial charge in [0, 0.05) is 18.8 Å². The molecule has 1 heterocycles. The fourth-order valence-electron chi connectivity index (χ4n) is 0.992. The highest BCUT2D eigenvalue weighted by Crippen LogP contribution is 1.93. The van der Waals surface area contributed by atoms with Crippen molar-refractivity contribution < 1.29 is 0 Å². The number of pyridine rings is 1. The van der Waals surface area contributed by atoms with E-state index in [0.717, 1.165) is 6.42 Å². The molecule has 1 aromatic heterocycles. The second-order valence-electron chi connectivity index (χ2n) is 2.64. The summed E-state index contributed by atoms with van der Waals surface area (Å²) in [4.78, 5) is 11.3. The maximum Gasteiger partial charge on any atom is 0.251 e. The molecule has 1 aromatic rings. The molecule has 13 heavy (non-hydrogen) atoms. The molecule has 0 bridgehead atoms. The maximum absolute atomic E-state index is 11.3. The van der Waals surface area contributed by atoms with E-state index in [4.69, 9.17) is 5.26 Å². The first-order valence-electron chi connectivity index (χ1n) is 3.99. The third-order valence-corrected chi connectivity index (χ3v) is 1.70. The molecule has 0 aliphatic carbocycles. The number of aryl methyl sites for hydroxylation is 1. The lowest BCUT2D eigenvalue weighted by Crippen LogP contribution is -2.18. The summed E-state index contributed by atoms with van der Waals surface area (Å²) in [5.41, 5.74) is 0.265. The summed E-state index contributed by atoms with van der Waals surface area (Å²) in [6, 6.07) is 4.88. The van der Waals surface area contributed by atoms with Crippen LogP contribution in [0.25, 0.3) is 0 Å². The van der Waals surface area contributed by atoms with Crippen LogP contribution in [0.2, 0.25) is 0 Å². The molecule has 66 valence electrons. The van der Waals surface area contributed by atoms with Crippen LogP contribution >= 0.6 is 0 Å². The molecule has 0 saturated carbocycles. The first kappa shape index (κ1) is 9.27. The number of nitriles is 1. The van der Waals surface area contributed by atoms with Gasteiger partial charge in [0.25, 0.3) is 5.56 Å². The summed E-state index contributed by atoms with van der Waals surface area (Å²) in [5.74, 6) is 0. The molecule has 0 aliphatic rings. The lowest BCUT2D eigenvalue weighted by molar-refractivity contribution is 0.681. The molecule has 0 saturated heterocycles. The number of allylic oxidation sites excluding steroid dienone is 1. The summed E-state index contributed by atoms with van der Waals surface area (Å²) < 4.78 is 1.56. The third kappa shape index (κ3) is 2.31. The van der Waals surface area contributed by atoms with Gasteiger partial charge in [-0.2, -0.15) is 5.26 Å². The highest BCUT2D eigenvalue weighted by atomic mass is 16.1. The summed E-state index contributed by atoms with van der Waals surface area (Å²) >= 11 is 0. The molecule has 0 amide bonds. The zero-order chi connectivity index (χ0) is 9.68. The Kier molecular flexibility index (Phi) is 3.04. The Morgan fingerprint density at radius 3 is 3.00 bits per heavy atom. The predicted octanol–water partition coefficient (Wildman–Crippen LogP) is 1.30. The molecule has 0 N–H and O–H groups in total. The standard InChI is InChI=1S/C10H10N2O/c1-2-3-5-12-6-4-9(8-11)7-10(12)13/h2,4,6-7H,1,3,5H2. The van der Waals surface area contributed by atoms with Crippen molar-refractivity contribution in [2.24, 2.45) is 0 Å². The van der Waals surface area contributed by atoms with Crippen molar-refractivity contribution in [3.8, 4) is 6.07 Å². The lowest BCUT2D eigenvalue weighted by Gasteiger charge is -2.01. The molecular weight excluding hydrogens is 164 g/mol. The van der Waals surface area contributed by atoms with E-state index in [1.807, 2.05) is 6.07 Å². The van der Waals surface area contributed by atoms with E-state index in [1.54, 1.807) is 22.9 Å². The molecule has 0 aromatic carbocycles. The first-order chi connectivity index (χ1) is 6.27. The topological polar surface area (TPSA) is 45.8 Å². The van der Waals surface area contributed by atoms with Crippen LogP contribution in [0.4, 0.5) is 0 Å². The highest BCUT2D eigenvalue weighted by molar-refractivity contribution is 5.25. The number of hydrogen-bond acceptors (Lipinski definition) is 2. The zero-order valence-electron chi connectivity index (χ0n) is 7.23. The third-order valence-electron chi connectivity index (χ3n) is 1.70. The van der Waals surface area contributed by atoms with Crippen LogP contribution in [0.15, 0.2) is 35.8 Å². The van der Waals surface area contributed by atoms with E-state index in [1.165, 1.54) is 6.07 Å². The van der Waals surface area contributed by atoms with Crippen LogP contribution in [-0.2, 0) is 6.54 Å². The van der Waals surface area contributed by atoms with Crippen molar-refractivity contribution in [1.29, 1.82) is 5.26 Å². The maximum atomic E-state index is 11.3. The quantitative estimate of drug-likeness (QED) is 0.648. The van der Waals surface area contributed by atoms with Crippen LogP contribution in [0, 0.1) is 11.3 Å². The van der Waals surface area contributed by atoms with Gasteiger partial charge in [-0.1, -0.05) is 6.08 Å². The number of nitrogens with zero attached hydrogens (tertiary/aromatic N) is 2. The Morgan fingerprint density at radius 1 is 1.69 bits per heavy atom. The van der Waals surface area contributed by atoms with E-state index in [-0.39, 0.29) is 5.56 Å². The Morgan fingerprint density at radius 2 is 2.46 bits per heavy atom. The minimum atomic E-state index is -0.138. The van der Waals surface area contributed by atoms with Gasteiger partial charge < -0.3 is 4.57 Å². The average molecular weight is 174 g/mol. The minimum absolute atomic E-state index is 0.138. The molecule has 3 nitrogen and oxygen atoms in total. The van der Waals surface area contributed by atoms with Gasteiger partial charge in [0.2, 0.25) is 0 Å². The molecule has 0 atom stereocenters. The molecule has 3 heteroatoms. The van der Waals surface area contributed by atoms with Gasteiger partial charge in [-0.3, -0.25) is 4.79 Å². The molecule has 0 aliphatic heterocycles. The van der Waals surface area contributed by atoms with Crippen molar-refractivity contribution in [2.75, 3.05) is 0 Å². The number of rotatable bonds is 3. The first-order valence-corrected chi connectivity index (χ1v) is 3.99. The van der Waals surface area contributed by atoms with Crippen LogP contribution in [0.3, 0.4) is 0 Å². The monoisotopic (exact) mass is 174 g/mol. The van der Waals surface area contributed by atoms with Crippen molar-refractivity contribution in [3.05, 3.63) is 46.9 Å². The predicted molar refractivity (Wildman–Crippen MR) is 50.2 cm³/mol. The summed E-state index contributed by atoms with van der Waals surface area (Å²) in [6.45, 7) is 4.19. The molecular formula is C10H10N2O. The van der Waals surface area contributed by atoms with E-state index < -0.39 is 0 Å². The van der Waals surface area contributed by atoms with Crippen LogP contribution in [0.5, 0.6) is 0 Å². The number of hydrogen-bond donors (Lipinski definition) is 0. The summed E-state index contributed by atoms with van der Waals surface area (Å²) in [6.07, 6.45) is 4.14. The van der Waals surface area contributed by atoms with Crippen molar-refractivity contribution >= 4 is 0 Å². The van der Waals surface area contributed by atoms with E-state index in [2.05, 4.69) is 6.58 Å². The summed E-state index contributed by atoms with van der Waals surface area (Å²) in [5, 5.41) is 8.51. The molecule has 0 spiro atoms. The van der Waals surface area contributed by atoms with Crippen LogP contribution in [-0.4, -0.2) is 4.57 Å². The van der Waals surface area contributed by atoms with E-state index >= 15 is 0 Å². The largest absolute Gasteiger partial charge is 0.315 e. The SMILES string of the molecule is C=CCCn1ccc(C#N)cc1=O. The minimum Gasteiger partial charge on any atom is -0.315 e. The van der Waals surface area contributed by atoms with Gasteiger partial charge >= 0.3 is 0 Å². The van der Waals surface area contributed by atoms with Gasteiger partial charge in [0.05, 0.1) is 11.6 Å². The van der Waals surface area contributed by atoms with Gasteiger partial charge in [0.1, 0.15) is 0 Å². The average Bonchev–Trinajstić information content (AvgIpc) is 2.16. The molecule has 1 rings (SSSR count). The zero-order valence-corrected chi connectivity index (χ0v) is 7.23. The van der Waals surface area contributed by atoms with E-state index in [9.17, 15) is 4.79 Å². The summed E-state index contributed by atoms with van der Waals surface area (Å²) in [7, 11) is 0. The van der Waals surface area contributed by atoms with Crippen LogP contribution < -0.4 is 5.56 Å². The van der Waals surface area contributed by atoms with Gasteiger partial charge in [-0.25, -0.2) is 0 Å². The van der Waals surface area contributed by atoms with Crippen LogP contribution in [0.1, 0.15) is 12.0 Å². The Balaban J connectivity index is 2.93. The van der Waals surface area contributed by atoms with Gasteiger partial charge in [-0.05, 0) is 12.5 Å². The van der Waals surface area contributed by atoms with Crippen molar-refractivity contribution in [1.82, 2.24) is 4.57 Å².